The van der Waals surface area contributed by atoms with Crippen molar-refractivity contribution in [2.75, 3.05) is 13.6 Å². The maximum absolute atomic E-state index is 13.3. The van der Waals surface area contributed by atoms with E-state index in [4.69, 9.17) is 4.74 Å². The second-order valence-corrected chi connectivity index (χ2v) is 8.24. The normalized spacial score (nSPS) is 28.8. The molecule has 6 nitrogen and oxygen atoms in total. The Kier molecular flexibility index (Phi) is 4.43. The fraction of sp³-hybridized carbons (Fsp3) is 0.348. The van der Waals surface area contributed by atoms with Gasteiger partial charge in [0.05, 0.1) is 36.7 Å². The maximum Gasteiger partial charge on any atom is 0.230 e. The minimum atomic E-state index is -0.756. The Morgan fingerprint density at radius 3 is 2.83 bits per heavy atom. The van der Waals surface area contributed by atoms with Crippen LogP contribution in [0.1, 0.15) is 11.3 Å². The zero-order valence-electron chi connectivity index (χ0n) is 16.6. The van der Waals surface area contributed by atoms with Crippen LogP contribution < -0.4 is 0 Å². The van der Waals surface area contributed by atoms with Crippen LogP contribution >= 0.6 is 0 Å². The smallest absolute Gasteiger partial charge is 0.230 e. The number of likely N-dealkylation sites (tertiary alicyclic amines) is 1. The van der Waals surface area contributed by atoms with Gasteiger partial charge in [-0.3, -0.25) is 14.6 Å². The lowest BCUT2D eigenvalue weighted by molar-refractivity contribution is -0.142. The summed E-state index contributed by atoms with van der Waals surface area (Å²) in [5, 5.41) is 0. The first-order chi connectivity index (χ1) is 14.5. The first kappa shape index (κ1) is 18.9. The molecule has 0 radical (unpaired) electrons. The number of pyridine rings is 1. The van der Waals surface area contributed by atoms with Gasteiger partial charge >= 0.3 is 0 Å². The van der Waals surface area contributed by atoms with Crippen molar-refractivity contribution in [3.8, 4) is 0 Å². The highest BCUT2D eigenvalue weighted by atomic mass is 19.1. The summed E-state index contributed by atoms with van der Waals surface area (Å²) in [5.41, 5.74) is 0.877. The number of aromatic nitrogens is 1. The van der Waals surface area contributed by atoms with Crippen molar-refractivity contribution in [2.45, 2.75) is 24.8 Å². The van der Waals surface area contributed by atoms with Gasteiger partial charge in [0, 0.05) is 19.8 Å². The third-order valence-corrected chi connectivity index (χ3v) is 6.25. The van der Waals surface area contributed by atoms with E-state index in [1.54, 1.807) is 35.2 Å². The van der Waals surface area contributed by atoms with Crippen LogP contribution in [0.25, 0.3) is 0 Å². The molecule has 3 aliphatic rings. The number of hydrogen-bond donors (Lipinski definition) is 0. The van der Waals surface area contributed by atoms with E-state index >= 15 is 0 Å². The quantitative estimate of drug-likeness (QED) is 0.713. The molecule has 1 aromatic heterocycles. The number of carbonyl (C=O) groups excluding carboxylic acids is 2. The highest BCUT2D eigenvalue weighted by Crippen LogP contribution is 2.52. The minimum Gasteiger partial charge on any atom is -0.360 e. The first-order valence-electron chi connectivity index (χ1n) is 10.0. The second-order valence-electron chi connectivity index (χ2n) is 8.24. The van der Waals surface area contributed by atoms with E-state index in [0.717, 1.165) is 11.3 Å². The van der Waals surface area contributed by atoms with Crippen molar-refractivity contribution in [3.63, 3.8) is 0 Å². The van der Waals surface area contributed by atoms with Gasteiger partial charge in [-0.15, -0.1) is 0 Å². The monoisotopic (exact) mass is 407 g/mol. The SMILES string of the molecule is CN(Cc1ccccn1)C(=O)C1C2C(=O)N(Cc3ccc(F)cc3)C[C@@]23C=C[C@@H]1O3. The van der Waals surface area contributed by atoms with Crippen molar-refractivity contribution in [2.24, 2.45) is 11.8 Å². The molecule has 0 N–H and O–H groups in total. The van der Waals surface area contributed by atoms with Gasteiger partial charge < -0.3 is 14.5 Å². The molecule has 4 atom stereocenters. The molecule has 2 saturated heterocycles. The van der Waals surface area contributed by atoms with Gasteiger partial charge in [-0.2, -0.15) is 0 Å². The van der Waals surface area contributed by atoms with Crippen molar-refractivity contribution < 1.29 is 18.7 Å². The summed E-state index contributed by atoms with van der Waals surface area (Å²) < 4.78 is 19.4. The van der Waals surface area contributed by atoms with Crippen molar-refractivity contribution in [3.05, 3.63) is 77.9 Å². The van der Waals surface area contributed by atoms with E-state index in [1.165, 1.54) is 12.1 Å². The molecule has 2 unspecified atom stereocenters. The number of amides is 2. The average Bonchev–Trinajstić information content (AvgIpc) is 3.38. The van der Waals surface area contributed by atoms with Crippen LogP contribution in [0.2, 0.25) is 0 Å². The third kappa shape index (κ3) is 3.01. The second kappa shape index (κ2) is 7.02. The van der Waals surface area contributed by atoms with Crippen molar-refractivity contribution in [1.82, 2.24) is 14.8 Å². The van der Waals surface area contributed by atoms with Gasteiger partial charge in [-0.25, -0.2) is 4.39 Å². The molecule has 0 aliphatic carbocycles. The number of hydrogen-bond acceptors (Lipinski definition) is 4. The summed E-state index contributed by atoms with van der Waals surface area (Å²) in [5.74, 6) is -1.59. The molecule has 2 fully saturated rings. The lowest BCUT2D eigenvalue weighted by Crippen LogP contribution is -2.44. The molecule has 0 saturated carbocycles. The summed E-state index contributed by atoms with van der Waals surface area (Å²) in [6.45, 7) is 1.14. The number of benzene rings is 1. The van der Waals surface area contributed by atoms with Crippen molar-refractivity contribution >= 4 is 11.8 Å². The van der Waals surface area contributed by atoms with E-state index in [-0.39, 0.29) is 23.7 Å². The predicted octanol–water partition coefficient (Wildman–Crippen LogP) is 2.16. The van der Waals surface area contributed by atoms with Gasteiger partial charge in [0.15, 0.2) is 0 Å². The molecule has 3 aliphatic heterocycles. The summed E-state index contributed by atoms with van der Waals surface area (Å²) in [7, 11) is 1.73. The Morgan fingerprint density at radius 2 is 2.10 bits per heavy atom. The molecule has 7 heteroatoms. The van der Waals surface area contributed by atoms with Gasteiger partial charge in [0.2, 0.25) is 11.8 Å². The molecule has 154 valence electrons. The average molecular weight is 407 g/mol. The molecular weight excluding hydrogens is 385 g/mol. The molecule has 30 heavy (non-hydrogen) atoms. The molecular formula is C23H22FN3O3. The van der Waals surface area contributed by atoms with Gasteiger partial charge in [-0.1, -0.05) is 30.4 Å². The number of ether oxygens (including phenoxy) is 1. The highest BCUT2D eigenvalue weighted by molar-refractivity contribution is 5.93. The highest BCUT2D eigenvalue weighted by Gasteiger charge is 2.67. The third-order valence-electron chi connectivity index (χ3n) is 6.25. The standard InChI is InChI=1S/C23H22FN3O3/c1-26(13-17-4-2-3-11-25-17)21(28)19-18-9-10-23(30-18)14-27(22(29)20(19)23)12-15-5-7-16(24)8-6-15/h2-11,18-20H,12-14H2,1H3/t18-,19?,20?,23-/m0/s1. The summed E-state index contributed by atoms with van der Waals surface area (Å²) in [6.07, 6.45) is 5.15. The Labute approximate surface area is 174 Å². The van der Waals surface area contributed by atoms with Crippen LogP contribution in [0, 0.1) is 17.7 Å². The molecule has 1 spiro atoms. The van der Waals surface area contributed by atoms with Crippen LogP contribution in [0.5, 0.6) is 0 Å². The first-order valence-corrected chi connectivity index (χ1v) is 10.0. The van der Waals surface area contributed by atoms with E-state index in [1.807, 2.05) is 30.4 Å². The number of rotatable bonds is 5. The topological polar surface area (TPSA) is 62.7 Å². The maximum atomic E-state index is 13.3. The molecule has 4 heterocycles. The Balaban J connectivity index is 1.35. The van der Waals surface area contributed by atoms with Crippen LogP contribution in [-0.4, -0.2) is 51.9 Å². The molecule has 2 amide bonds. The fourth-order valence-corrected chi connectivity index (χ4v) is 4.87. The number of nitrogens with zero attached hydrogens (tertiary/aromatic N) is 3. The van der Waals surface area contributed by atoms with Crippen LogP contribution in [0.3, 0.4) is 0 Å². The van der Waals surface area contributed by atoms with Crippen molar-refractivity contribution in [1.29, 1.82) is 0 Å². The summed E-state index contributed by atoms with van der Waals surface area (Å²) in [6, 6.07) is 11.7. The zero-order valence-corrected chi connectivity index (χ0v) is 16.6. The largest absolute Gasteiger partial charge is 0.360 e. The molecule has 2 bridgehead atoms. The lowest BCUT2D eigenvalue weighted by Gasteiger charge is -2.27. The predicted molar refractivity (Wildman–Crippen MR) is 106 cm³/mol. The molecule has 2 aromatic rings. The fourth-order valence-electron chi connectivity index (χ4n) is 4.87. The van der Waals surface area contributed by atoms with E-state index in [0.29, 0.717) is 19.6 Å². The van der Waals surface area contributed by atoms with Gasteiger partial charge in [0.25, 0.3) is 0 Å². The Hall–Kier alpha value is -3.06. The molecule has 1 aromatic carbocycles. The van der Waals surface area contributed by atoms with E-state index < -0.39 is 17.4 Å². The Morgan fingerprint density at radius 1 is 1.30 bits per heavy atom. The molecule has 5 rings (SSSR count). The zero-order chi connectivity index (χ0) is 20.9. The van der Waals surface area contributed by atoms with Crippen LogP contribution in [0.15, 0.2) is 60.8 Å². The van der Waals surface area contributed by atoms with E-state index in [2.05, 4.69) is 4.98 Å². The van der Waals surface area contributed by atoms with E-state index in [9.17, 15) is 14.0 Å². The number of halogens is 1. The Bertz CT molecular complexity index is 1010. The lowest BCUT2D eigenvalue weighted by atomic mass is 9.76. The summed E-state index contributed by atoms with van der Waals surface area (Å²) >= 11 is 0. The van der Waals surface area contributed by atoms with Crippen LogP contribution in [-0.2, 0) is 27.4 Å². The summed E-state index contributed by atoms with van der Waals surface area (Å²) in [4.78, 5) is 34.2. The van der Waals surface area contributed by atoms with Crippen LogP contribution in [0.4, 0.5) is 4.39 Å². The number of carbonyl (C=O) groups is 2. The van der Waals surface area contributed by atoms with Gasteiger partial charge in [-0.05, 0) is 29.8 Å². The minimum absolute atomic E-state index is 0.0873. The number of fused-ring (bicyclic) bond motifs is 1. The van der Waals surface area contributed by atoms with Gasteiger partial charge in [0.1, 0.15) is 11.4 Å².